The molecule has 0 bridgehead atoms. The number of halogens is 6. The number of nitrogens with one attached hydrogen (secondary N) is 1. The summed E-state index contributed by atoms with van der Waals surface area (Å²) in [6.07, 6.45) is -11.8. The average Bonchev–Trinajstić information content (AvgIpc) is 2.66. The van der Waals surface area contributed by atoms with Crippen molar-refractivity contribution < 1.29 is 55.6 Å². The van der Waals surface area contributed by atoms with Crippen LogP contribution in [-0.2, 0) is 19.1 Å². The summed E-state index contributed by atoms with van der Waals surface area (Å²) >= 11 is 0. The molecule has 1 heterocycles. The third-order valence-electron chi connectivity index (χ3n) is 5.41. The van der Waals surface area contributed by atoms with E-state index < -0.39 is 66.7 Å². The van der Waals surface area contributed by atoms with E-state index in [1.165, 1.54) is 26.0 Å². The summed E-state index contributed by atoms with van der Waals surface area (Å²) in [5.74, 6) is -11.4. The Morgan fingerprint density at radius 2 is 1.24 bits per heavy atom. The number of carbonyl (C=O) groups excluding carboxylic acids is 2. The van der Waals surface area contributed by atoms with E-state index in [4.69, 9.17) is 0 Å². The van der Waals surface area contributed by atoms with Crippen LogP contribution >= 0.6 is 0 Å². The molecule has 1 aliphatic heterocycles. The van der Waals surface area contributed by atoms with Gasteiger partial charge in [-0.1, -0.05) is 29.8 Å². The monoisotopic (exact) mass is 487 g/mol. The van der Waals surface area contributed by atoms with Crippen LogP contribution in [0.4, 0.5) is 26.3 Å². The van der Waals surface area contributed by atoms with E-state index in [0.29, 0.717) is 5.56 Å². The summed E-state index contributed by atoms with van der Waals surface area (Å²) in [6.45, 7) is 3.10. The van der Waals surface area contributed by atoms with Crippen molar-refractivity contribution in [2.45, 2.75) is 50.5 Å². The molecule has 2 rings (SSSR count). The Hall–Kier alpha value is -2.38. The molecule has 0 amide bonds. The van der Waals surface area contributed by atoms with Gasteiger partial charge in [-0.05, 0) is 26.3 Å². The highest BCUT2D eigenvalue weighted by molar-refractivity contribution is 5.81. The molecule has 1 saturated heterocycles. The molecule has 1 fully saturated rings. The smallest absolute Gasteiger partial charge is 0.432 e. The maximum atomic E-state index is 14.0. The van der Waals surface area contributed by atoms with Crippen LogP contribution in [0.25, 0.3) is 0 Å². The zero-order valence-corrected chi connectivity index (χ0v) is 17.8. The van der Waals surface area contributed by atoms with Crippen molar-refractivity contribution in [2.75, 3.05) is 13.2 Å². The Kier molecular flexibility index (Phi) is 7.41. The van der Waals surface area contributed by atoms with Gasteiger partial charge in [0.15, 0.2) is 0 Å². The number of aliphatic hydroxyl groups is 2. The first-order valence-corrected chi connectivity index (χ1v) is 9.82. The van der Waals surface area contributed by atoms with Crippen molar-refractivity contribution in [2.24, 2.45) is 11.8 Å². The summed E-state index contributed by atoms with van der Waals surface area (Å²) in [7, 11) is 0. The second-order valence-electron chi connectivity index (χ2n) is 7.55. The lowest BCUT2D eigenvalue weighted by atomic mass is 9.64. The lowest BCUT2D eigenvalue weighted by Crippen LogP contribution is -2.81. The Labute approximate surface area is 184 Å². The number of rotatable bonds is 5. The van der Waals surface area contributed by atoms with Gasteiger partial charge in [0.05, 0.1) is 13.2 Å². The van der Waals surface area contributed by atoms with Crippen molar-refractivity contribution in [3.05, 3.63) is 35.4 Å². The minimum atomic E-state index is -5.91. The van der Waals surface area contributed by atoms with E-state index >= 15 is 0 Å². The maximum absolute atomic E-state index is 14.0. The Balaban J connectivity index is 2.95. The average molecular weight is 487 g/mol. The number of ether oxygens (including phenoxy) is 2. The predicted molar refractivity (Wildman–Crippen MR) is 99.3 cm³/mol. The predicted octanol–water partition coefficient (Wildman–Crippen LogP) is 2.54. The van der Waals surface area contributed by atoms with E-state index in [1.807, 2.05) is 0 Å². The number of alkyl halides is 6. The van der Waals surface area contributed by atoms with Gasteiger partial charge in [-0.25, -0.2) is 5.32 Å². The second kappa shape index (κ2) is 9.11. The van der Waals surface area contributed by atoms with Crippen LogP contribution in [-0.4, -0.2) is 59.2 Å². The second-order valence-corrected chi connectivity index (χ2v) is 7.55. The molecule has 0 aliphatic carbocycles. The Morgan fingerprint density at radius 3 is 1.55 bits per heavy atom. The highest BCUT2D eigenvalue weighted by atomic mass is 19.4. The van der Waals surface area contributed by atoms with Crippen LogP contribution in [0.3, 0.4) is 0 Å². The number of benzene rings is 1. The molecule has 1 aliphatic rings. The number of hydrogen-bond acceptors (Lipinski definition) is 7. The quantitative estimate of drug-likeness (QED) is 0.433. The molecule has 1 aromatic carbocycles. The number of hydrogen-bond donors (Lipinski definition) is 3. The zero-order valence-electron chi connectivity index (χ0n) is 17.8. The largest absolute Gasteiger partial charge is 0.466 e. The van der Waals surface area contributed by atoms with E-state index in [1.54, 1.807) is 6.92 Å². The van der Waals surface area contributed by atoms with Crippen molar-refractivity contribution in [3.63, 3.8) is 0 Å². The van der Waals surface area contributed by atoms with Crippen molar-refractivity contribution in [1.82, 2.24) is 5.32 Å². The van der Waals surface area contributed by atoms with Crippen molar-refractivity contribution in [3.8, 4) is 0 Å². The summed E-state index contributed by atoms with van der Waals surface area (Å²) in [4.78, 5) is 25.3. The molecule has 0 saturated carbocycles. The highest BCUT2D eigenvalue weighted by Gasteiger charge is 2.78. The summed E-state index contributed by atoms with van der Waals surface area (Å²) in [5.41, 5.74) is -9.04. The van der Waals surface area contributed by atoms with Gasteiger partial charge in [-0.3, -0.25) is 9.59 Å². The number of esters is 2. The fourth-order valence-corrected chi connectivity index (χ4v) is 3.92. The van der Waals surface area contributed by atoms with Crippen LogP contribution in [0.15, 0.2) is 24.3 Å². The topological polar surface area (TPSA) is 105 Å². The SMILES string of the molecule is CCOC(=O)[C@@H]1C(c2ccc(C)cc2)[C@H](C(=O)OCC)[C@](O)(C(F)(F)F)N[C@]1(O)C(F)(F)F. The van der Waals surface area contributed by atoms with Crippen LogP contribution < -0.4 is 5.32 Å². The van der Waals surface area contributed by atoms with E-state index in [2.05, 4.69) is 9.47 Å². The standard InChI is InChI=1S/C20H23F6NO6/c1-4-32-15(28)13-12(11-8-6-10(3)7-9-11)14(16(29)33-5-2)18(31,20(24,25)26)27-17(13,30)19(21,22)23/h6-9,12-14,27,30-31H,4-5H2,1-3H3/t12?,13-,14+,17+,18-. The van der Waals surface area contributed by atoms with E-state index in [9.17, 15) is 46.1 Å². The number of carbonyl (C=O) groups is 2. The molecule has 33 heavy (non-hydrogen) atoms. The zero-order chi connectivity index (χ0) is 25.4. The van der Waals surface area contributed by atoms with Gasteiger partial charge in [0.25, 0.3) is 0 Å². The molecule has 1 unspecified atom stereocenters. The number of piperidine rings is 1. The Bertz CT molecular complexity index is 825. The third kappa shape index (κ3) is 4.66. The number of aryl methyl sites for hydroxylation is 1. The van der Waals surface area contributed by atoms with Gasteiger partial charge in [0.2, 0.25) is 11.4 Å². The van der Waals surface area contributed by atoms with Crippen molar-refractivity contribution >= 4 is 11.9 Å². The lowest BCUT2D eigenvalue weighted by molar-refractivity contribution is -0.376. The van der Waals surface area contributed by atoms with Gasteiger partial charge >= 0.3 is 24.3 Å². The summed E-state index contributed by atoms with van der Waals surface area (Å²) < 4.78 is 93.4. The first-order valence-electron chi connectivity index (χ1n) is 9.82. The summed E-state index contributed by atoms with van der Waals surface area (Å²) in [6, 6.07) is 4.83. The molecule has 0 aromatic heterocycles. The van der Waals surface area contributed by atoms with Crippen LogP contribution in [0.1, 0.15) is 30.9 Å². The van der Waals surface area contributed by atoms with Gasteiger partial charge < -0.3 is 19.7 Å². The normalized spacial score (nSPS) is 30.6. The lowest BCUT2D eigenvalue weighted by Gasteiger charge is -2.54. The van der Waals surface area contributed by atoms with E-state index in [0.717, 1.165) is 17.4 Å². The maximum Gasteiger partial charge on any atom is 0.432 e. The first kappa shape index (κ1) is 26.9. The van der Waals surface area contributed by atoms with Crippen LogP contribution in [0.5, 0.6) is 0 Å². The molecule has 186 valence electrons. The van der Waals surface area contributed by atoms with Gasteiger partial charge in [-0.2, -0.15) is 26.3 Å². The van der Waals surface area contributed by atoms with Gasteiger partial charge in [0, 0.05) is 5.92 Å². The molecule has 7 nitrogen and oxygen atoms in total. The molecular formula is C20H23F6NO6. The molecule has 5 atom stereocenters. The van der Waals surface area contributed by atoms with E-state index in [-0.39, 0.29) is 5.56 Å². The van der Waals surface area contributed by atoms with Gasteiger partial charge in [0.1, 0.15) is 11.8 Å². The molecule has 0 radical (unpaired) electrons. The van der Waals surface area contributed by atoms with Crippen molar-refractivity contribution in [1.29, 1.82) is 0 Å². The minimum Gasteiger partial charge on any atom is -0.466 e. The summed E-state index contributed by atoms with van der Waals surface area (Å²) in [5, 5.41) is 21.8. The fraction of sp³-hybridized carbons (Fsp3) is 0.600. The molecule has 1 aromatic rings. The fourth-order valence-electron chi connectivity index (χ4n) is 3.92. The van der Waals surface area contributed by atoms with Crippen LogP contribution in [0, 0.1) is 18.8 Å². The minimum absolute atomic E-state index is 0.358. The molecular weight excluding hydrogens is 464 g/mol. The molecule has 0 spiro atoms. The first-order chi connectivity index (χ1) is 15.0. The third-order valence-corrected chi connectivity index (χ3v) is 5.41. The van der Waals surface area contributed by atoms with Gasteiger partial charge in [-0.15, -0.1) is 0 Å². The molecule has 13 heteroatoms. The molecule has 3 N–H and O–H groups in total. The van der Waals surface area contributed by atoms with Crippen LogP contribution in [0.2, 0.25) is 0 Å². The Morgan fingerprint density at radius 1 is 0.879 bits per heavy atom. The highest BCUT2D eigenvalue weighted by Crippen LogP contribution is 2.55.